The Morgan fingerprint density at radius 2 is 1.88 bits per heavy atom. The standard InChI is InChI=1S/C18H26N2O3.ClH/c1-13-3-4-16(17(9-13)22-2)23-12-18(21)20-7-5-14-10-19-11-15(14)6-8-20;/h3-4,9,14-15,19H,5-8,10-12H2,1-2H3;1H/t14-,15+;. The normalized spacial score (nSPS) is 23.0. The summed E-state index contributed by atoms with van der Waals surface area (Å²) in [7, 11) is 1.62. The van der Waals surface area contributed by atoms with Gasteiger partial charge in [-0.2, -0.15) is 0 Å². The van der Waals surface area contributed by atoms with Crippen molar-refractivity contribution in [3.8, 4) is 11.5 Å². The van der Waals surface area contributed by atoms with Crippen molar-refractivity contribution >= 4 is 18.3 Å². The van der Waals surface area contributed by atoms with Gasteiger partial charge in [0.15, 0.2) is 18.1 Å². The molecule has 1 N–H and O–H groups in total. The van der Waals surface area contributed by atoms with Crippen LogP contribution in [0.1, 0.15) is 18.4 Å². The number of carbonyl (C=O) groups excluding carboxylic acids is 1. The number of nitrogens with zero attached hydrogens (tertiary/aromatic N) is 1. The highest BCUT2D eigenvalue weighted by molar-refractivity contribution is 5.85. The zero-order valence-electron chi connectivity index (χ0n) is 14.4. The van der Waals surface area contributed by atoms with Crippen LogP contribution in [0.3, 0.4) is 0 Å². The molecule has 2 fully saturated rings. The summed E-state index contributed by atoms with van der Waals surface area (Å²) < 4.78 is 11.0. The van der Waals surface area contributed by atoms with E-state index in [0.29, 0.717) is 11.5 Å². The molecule has 5 nitrogen and oxygen atoms in total. The van der Waals surface area contributed by atoms with Crippen LogP contribution in [-0.4, -0.2) is 50.7 Å². The Morgan fingerprint density at radius 1 is 1.21 bits per heavy atom. The second-order valence-electron chi connectivity index (χ2n) is 6.58. The molecule has 134 valence electrons. The fourth-order valence-corrected chi connectivity index (χ4v) is 3.59. The van der Waals surface area contributed by atoms with Crippen molar-refractivity contribution in [2.24, 2.45) is 11.8 Å². The lowest BCUT2D eigenvalue weighted by atomic mass is 9.92. The highest BCUT2D eigenvalue weighted by Gasteiger charge is 2.31. The molecule has 2 heterocycles. The van der Waals surface area contributed by atoms with E-state index in [1.165, 1.54) is 0 Å². The monoisotopic (exact) mass is 354 g/mol. The smallest absolute Gasteiger partial charge is 0.260 e. The second-order valence-corrected chi connectivity index (χ2v) is 6.58. The molecule has 2 atom stereocenters. The number of hydrogen-bond acceptors (Lipinski definition) is 4. The van der Waals surface area contributed by atoms with E-state index >= 15 is 0 Å². The number of carbonyl (C=O) groups is 1. The van der Waals surface area contributed by atoms with Crippen molar-refractivity contribution in [2.75, 3.05) is 39.9 Å². The number of halogens is 1. The number of aryl methyl sites for hydroxylation is 1. The van der Waals surface area contributed by atoms with Crippen LogP contribution in [0.5, 0.6) is 11.5 Å². The van der Waals surface area contributed by atoms with Gasteiger partial charge in [0.25, 0.3) is 5.91 Å². The average molecular weight is 355 g/mol. The number of ether oxygens (including phenoxy) is 2. The zero-order chi connectivity index (χ0) is 16.2. The van der Waals surface area contributed by atoms with Crippen LogP contribution < -0.4 is 14.8 Å². The van der Waals surface area contributed by atoms with E-state index in [2.05, 4.69) is 5.32 Å². The lowest BCUT2D eigenvalue weighted by Crippen LogP contribution is -2.36. The molecule has 0 bridgehead atoms. The van der Waals surface area contributed by atoms with Crippen molar-refractivity contribution < 1.29 is 14.3 Å². The summed E-state index contributed by atoms with van der Waals surface area (Å²) in [4.78, 5) is 14.4. The number of methoxy groups -OCH3 is 1. The summed E-state index contributed by atoms with van der Waals surface area (Å²) in [6.07, 6.45) is 2.19. The maximum absolute atomic E-state index is 12.5. The van der Waals surface area contributed by atoms with Crippen LogP contribution in [-0.2, 0) is 4.79 Å². The Labute approximate surface area is 150 Å². The third-order valence-corrected chi connectivity index (χ3v) is 5.04. The predicted octanol–water partition coefficient (Wildman–Crippen LogP) is 2.26. The van der Waals surface area contributed by atoms with Crippen LogP contribution in [0.4, 0.5) is 0 Å². The quantitative estimate of drug-likeness (QED) is 0.901. The van der Waals surface area contributed by atoms with Crippen molar-refractivity contribution in [3.63, 3.8) is 0 Å². The lowest BCUT2D eigenvalue weighted by molar-refractivity contribution is -0.133. The third-order valence-electron chi connectivity index (χ3n) is 5.04. The Morgan fingerprint density at radius 3 is 2.50 bits per heavy atom. The lowest BCUT2D eigenvalue weighted by Gasteiger charge is -2.21. The molecule has 0 spiro atoms. The van der Waals surface area contributed by atoms with E-state index in [1.807, 2.05) is 30.0 Å². The first kappa shape index (κ1) is 18.9. The van der Waals surface area contributed by atoms with Crippen LogP contribution in [0.15, 0.2) is 18.2 Å². The summed E-state index contributed by atoms with van der Waals surface area (Å²) in [5, 5.41) is 3.46. The number of nitrogens with one attached hydrogen (secondary N) is 1. The molecule has 0 saturated carbocycles. The van der Waals surface area contributed by atoms with Gasteiger partial charge in [-0.15, -0.1) is 12.4 Å². The van der Waals surface area contributed by atoms with Crippen LogP contribution in [0.2, 0.25) is 0 Å². The predicted molar refractivity (Wildman–Crippen MR) is 96.1 cm³/mol. The van der Waals surface area contributed by atoms with Gasteiger partial charge in [0.2, 0.25) is 0 Å². The van der Waals surface area contributed by atoms with Gasteiger partial charge in [0.1, 0.15) is 0 Å². The minimum atomic E-state index is 0. The molecule has 1 aromatic rings. The van der Waals surface area contributed by atoms with Crippen LogP contribution >= 0.6 is 12.4 Å². The number of likely N-dealkylation sites (tertiary alicyclic amines) is 1. The van der Waals surface area contributed by atoms with Gasteiger partial charge < -0.3 is 19.7 Å². The van der Waals surface area contributed by atoms with Gasteiger partial charge in [-0.25, -0.2) is 0 Å². The fraction of sp³-hybridized carbons (Fsp3) is 0.611. The molecule has 0 aliphatic carbocycles. The van der Waals surface area contributed by atoms with Gasteiger partial charge >= 0.3 is 0 Å². The molecule has 24 heavy (non-hydrogen) atoms. The Balaban J connectivity index is 0.00000208. The van der Waals surface area contributed by atoms with Gasteiger partial charge in [-0.3, -0.25) is 4.79 Å². The highest BCUT2D eigenvalue weighted by Crippen LogP contribution is 2.29. The first-order chi connectivity index (χ1) is 11.2. The summed E-state index contributed by atoms with van der Waals surface area (Å²) in [6.45, 7) is 5.97. The maximum Gasteiger partial charge on any atom is 0.260 e. The van der Waals surface area contributed by atoms with E-state index in [-0.39, 0.29) is 24.9 Å². The molecule has 0 radical (unpaired) electrons. The highest BCUT2D eigenvalue weighted by atomic mass is 35.5. The Kier molecular flexibility index (Phi) is 6.75. The van der Waals surface area contributed by atoms with Crippen molar-refractivity contribution in [3.05, 3.63) is 23.8 Å². The second kappa shape index (κ2) is 8.58. The Bertz CT molecular complexity index is 553. The van der Waals surface area contributed by atoms with E-state index < -0.39 is 0 Å². The van der Waals surface area contributed by atoms with Gasteiger partial charge in [-0.05, 0) is 62.4 Å². The third kappa shape index (κ3) is 4.33. The SMILES string of the molecule is COc1cc(C)ccc1OCC(=O)N1CC[C@@H]2CNC[C@@H]2CC1.Cl. The van der Waals surface area contributed by atoms with Gasteiger partial charge in [-0.1, -0.05) is 6.07 Å². The molecule has 3 rings (SSSR count). The van der Waals surface area contributed by atoms with Crippen molar-refractivity contribution in [1.82, 2.24) is 10.2 Å². The number of fused-ring (bicyclic) bond motifs is 1. The molecule has 1 aromatic carbocycles. The van der Waals surface area contributed by atoms with Gasteiger partial charge in [0.05, 0.1) is 7.11 Å². The summed E-state index contributed by atoms with van der Waals surface area (Å²) in [5.74, 6) is 2.83. The zero-order valence-corrected chi connectivity index (χ0v) is 15.2. The van der Waals surface area contributed by atoms with Gasteiger partial charge in [0, 0.05) is 13.1 Å². The van der Waals surface area contributed by atoms with Crippen molar-refractivity contribution in [1.29, 1.82) is 0 Å². The van der Waals surface area contributed by atoms with E-state index in [1.54, 1.807) is 7.11 Å². The molecular formula is C18H27ClN2O3. The molecule has 2 aliphatic heterocycles. The number of rotatable bonds is 4. The molecule has 6 heteroatoms. The molecule has 1 amide bonds. The topological polar surface area (TPSA) is 50.8 Å². The molecule has 0 aromatic heterocycles. The minimum absolute atomic E-state index is 0. The molecule has 0 unspecified atom stereocenters. The number of hydrogen-bond donors (Lipinski definition) is 1. The maximum atomic E-state index is 12.5. The van der Waals surface area contributed by atoms with Crippen LogP contribution in [0, 0.1) is 18.8 Å². The summed E-state index contributed by atoms with van der Waals surface area (Å²) >= 11 is 0. The number of benzene rings is 1. The van der Waals surface area contributed by atoms with E-state index in [9.17, 15) is 4.79 Å². The first-order valence-corrected chi connectivity index (χ1v) is 8.43. The van der Waals surface area contributed by atoms with E-state index in [0.717, 1.165) is 56.4 Å². The summed E-state index contributed by atoms with van der Waals surface area (Å²) in [6, 6.07) is 5.74. The van der Waals surface area contributed by atoms with E-state index in [4.69, 9.17) is 9.47 Å². The molecule has 2 aliphatic rings. The fourth-order valence-electron chi connectivity index (χ4n) is 3.59. The first-order valence-electron chi connectivity index (χ1n) is 8.43. The van der Waals surface area contributed by atoms with Crippen molar-refractivity contribution in [2.45, 2.75) is 19.8 Å². The van der Waals surface area contributed by atoms with Crippen LogP contribution in [0.25, 0.3) is 0 Å². The largest absolute Gasteiger partial charge is 0.493 e. The molecular weight excluding hydrogens is 328 g/mol. The Hall–Kier alpha value is -1.46. The molecule has 2 saturated heterocycles. The minimum Gasteiger partial charge on any atom is -0.493 e. The summed E-state index contributed by atoms with van der Waals surface area (Å²) in [5.41, 5.74) is 1.10. The number of amides is 1. The average Bonchev–Trinajstić information content (AvgIpc) is 2.91.